The molecule has 134 valence electrons. The molecular formula is C20H20N2O4. The minimum atomic E-state index is -0.963. The molecule has 0 radical (unpaired) electrons. The van der Waals surface area contributed by atoms with E-state index >= 15 is 0 Å². The molecule has 0 aliphatic carbocycles. The van der Waals surface area contributed by atoms with Crippen LogP contribution in [0.2, 0.25) is 0 Å². The van der Waals surface area contributed by atoms with Gasteiger partial charge in [0.1, 0.15) is 5.75 Å². The zero-order valence-electron chi connectivity index (χ0n) is 14.5. The maximum absolute atomic E-state index is 11.8. The molecule has 0 amide bonds. The number of hydrogen-bond acceptors (Lipinski definition) is 4. The zero-order valence-corrected chi connectivity index (χ0v) is 14.5. The number of fused-ring (bicyclic) bond motifs is 1. The third-order valence-corrected chi connectivity index (χ3v) is 4.80. The Labute approximate surface area is 151 Å². The van der Waals surface area contributed by atoms with E-state index in [1.807, 2.05) is 35.0 Å². The Morgan fingerprint density at radius 2 is 2.04 bits per heavy atom. The van der Waals surface area contributed by atoms with Crippen molar-refractivity contribution in [3.05, 3.63) is 48.2 Å². The van der Waals surface area contributed by atoms with Crippen molar-refractivity contribution >= 4 is 16.9 Å². The van der Waals surface area contributed by atoms with Crippen LogP contribution >= 0.6 is 0 Å². The second kappa shape index (κ2) is 6.80. The van der Waals surface area contributed by atoms with Gasteiger partial charge >= 0.3 is 5.97 Å². The summed E-state index contributed by atoms with van der Waals surface area (Å²) in [6.45, 7) is 0.704. The predicted molar refractivity (Wildman–Crippen MR) is 97.5 cm³/mol. The van der Waals surface area contributed by atoms with Gasteiger partial charge in [0.2, 0.25) is 0 Å². The van der Waals surface area contributed by atoms with Gasteiger partial charge in [-0.1, -0.05) is 12.1 Å². The standard InChI is InChI=1S/C20H20N2O4/c1-25-15-7-5-13(6-8-15)14-10-16(20(23)24)17-12-21-22(18(17)11-14)19-4-2-3-9-26-19/h5-8,10-12,19H,2-4,9H2,1H3,(H,23,24). The lowest BCUT2D eigenvalue weighted by molar-refractivity contribution is -0.0366. The number of carboxylic acids is 1. The van der Waals surface area contributed by atoms with Crippen LogP contribution < -0.4 is 4.74 Å². The van der Waals surface area contributed by atoms with Crippen LogP contribution in [0, 0.1) is 0 Å². The highest BCUT2D eigenvalue weighted by Crippen LogP contribution is 2.32. The molecule has 3 aromatic rings. The van der Waals surface area contributed by atoms with Crippen molar-refractivity contribution in [3.8, 4) is 16.9 Å². The minimum absolute atomic E-state index is 0.144. The number of rotatable bonds is 4. The van der Waals surface area contributed by atoms with Gasteiger partial charge in [0.25, 0.3) is 0 Å². The SMILES string of the molecule is COc1ccc(-c2cc(C(=O)O)c3cnn(C4CCCCO4)c3c2)cc1. The lowest BCUT2D eigenvalue weighted by Gasteiger charge is -2.23. The molecule has 6 heteroatoms. The molecule has 1 aromatic heterocycles. The summed E-state index contributed by atoms with van der Waals surface area (Å²) in [6, 6.07) is 11.2. The first kappa shape index (κ1) is 16.6. The highest BCUT2D eigenvalue weighted by molar-refractivity contribution is 6.04. The molecule has 1 aliphatic heterocycles. The fraction of sp³-hybridized carbons (Fsp3) is 0.300. The van der Waals surface area contributed by atoms with Crippen LogP contribution in [0.5, 0.6) is 5.75 Å². The molecule has 26 heavy (non-hydrogen) atoms. The second-order valence-corrected chi connectivity index (χ2v) is 6.40. The van der Waals surface area contributed by atoms with E-state index in [9.17, 15) is 9.90 Å². The van der Waals surface area contributed by atoms with Crippen molar-refractivity contribution in [3.63, 3.8) is 0 Å². The second-order valence-electron chi connectivity index (χ2n) is 6.40. The van der Waals surface area contributed by atoms with Crippen LogP contribution in [0.4, 0.5) is 0 Å². The van der Waals surface area contributed by atoms with Crippen molar-refractivity contribution in [2.45, 2.75) is 25.5 Å². The van der Waals surface area contributed by atoms with Crippen molar-refractivity contribution in [2.24, 2.45) is 0 Å². The predicted octanol–water partition coefficient (Wildman–Crippen LogP) is 4.11. The number of hydrogen-bond donors (Lipinski definition) is 1. The zero-order chi connectivity index (χ0) is 18.1. The Balaban J connectivity index is 1.86. The van der Waals surface area contributed by atoms with Crippen LogP contribution in [0.1, 0.15) is 35.8 Å². The number of aromatic nitrogens is 2. The Kier molecular flexibility index (Phi) is 4.34. The van der Waals surface area contributed by atoms with Gasteiger partial charge in [-0.2, -0.15) is 5.10 Å². The van der Waals surface area contributed by atoms with E-state index in [1.165, 1.54) is 0 Å². The average molecular weight is 352 g/mol. The summed E-state index contributed by atoms with van der Waals surface area (Å²) in [5.74, 6) is -0.205. The first-order valence-electron chi connectivity index (χ1n) is 8.68. The smallest absolute Gasteiger partial charge is 0.336 e. The summed E-state index contributed by atoms with van der Waals surface area (Å²) in [7, 11) is 1.62. The van der Waals surface area contributed by atoms with Gasteiger partial charge in [0.05, 0.1) is 24.4 Å². The molecule has 0 bridgehead atoms. The van der Waals surface area contributed by atoms with Crippen molar-refractivity contribution in [1.29, 1.82) is 0 Å². The summed E-state index contributed by atoms with van der Waals surface area (Å²) in [6.07, 6.45) is 4.48. The van der Waals surface area contributed by atoms with Gasteiger partial charge in [-0.05, 0) is 54.7 Å². The van der Waals surface area contributed by atoms with Gasteiger partial charge in [-0.25, -0.2) is 9.48 Å². The summed E-state index contributed by atoms with van der Waals surface area (Å²) in [5, 5.41) is 14.7. The number of carbonyl (C=O) groups is 1. The van der Waals surface area contributed by atoms with Crippen LogP contribution in [-0.2, 0) is 4.74 Å². The number of ether oxygens (including phenoxy) is 2. The molecule has 4 rings (SSSR count). The number of carboxylic acid groups (broad SMARTS) is 1. The van der Waals surface area contributed by atoms with Gasteiger partial charge < -0.3 is 14.6 Å². The molecule has 1 fully saturated rings. The fourth-order valence-corrected chi connectivity index (χ4v) is 3.42. The van der Waals surface area contributed by atoms with E-state index in [1.54, 1.807) is 19.4 Å². The molecule has 2 heterocycles. The number of nitrogens with zero attached hydrogens (tertiary/aromatic N) is 2. The molecular weight excluding hydrogens is 332 g/mol. The summed E-state index contributed by atoms with van der Waals surface area (Å²) in [4.78, 5) is 11.8. The Hall–Kier alpha value is -2.86. The van der Waals surface area contributed by atoms with E-state index in [0.717, 1.165) is 41.7 Å². The van der Waals surface area contributed by atoms with Gasteiger partial charge in [-0.3, -0.25) is 0 Å². The largest absolute Gasteiger partial charge is 0.497 e. The molecule has 0 saturated carbocycles. The van der Waals surface area contributed by atoms with E-state index < -0.39 is 5.97 Å². The molecule has 1 aliphatic rings. The summed E-state index contributed by atoms with van der Waals surface area (Å²) >= 11 is 0. The van der Waals surface area contributed by atoms with Crippen molar-refractivity contribution < 1.29 is 19.4 Å². The number of methoxy groups -OCH3 is 1. The van der Waals surface area contributed by atoms with Gasteiger partial charge in [0, 0.05) is 12.0 Å². The van der Waals surface area contributed by atoms with Crippen LogP contribution in [0.25, 0.3) is 22.0 Å². The molecule has 1 N–H and O–H groups in total. The highest BCUT2D eigenvalue weighted by atomic mass is 16.5. The molecule has 1 atom stereocenters. The fourth-order valence-electron chi connectivity index (χ4n) is 3.42. The third-order valence-electron chi connectivity index (χ3n) is 4.80. The Morgan fingerprint density at radius 1 is 1.23 bits per heavy atom. The first-order valence-corrected chi connectivity index (χ1v) is 8.68. The Bertz CT molecular complexity index is 940. The highest BCUT2D eigenvalue weighted by Gasteiger charge is 2.21. The maximum atomic E-state index is 11.8. The topological polar surface area (TPSA) is 73.6 Å². The van der Waals surface area contributed by atoms with Gasteiger partial charge in [-0.15, -0.1) is 0 Å². The maximum Gasteiger partial charge on any atom is 0.336 e. The minimum Gasteiger partial charge on any atom is -0.497 e. The summed E-state index contributed by atoms with van der Waals surface area (Å²) in [5.41, 5.74) is 2.78. The van der Waals surface area contributed by atoms with Gasteiger partial charge in [0.15, 0.2) is 6.23 Å². The molecule has 1 unspecified atom stereocenters. The van der Waals surface area contributed by atoms with E-state index in [-0.39, 0.29) is 11.8 Å². The molecule has 6 nitrogen and oxygen atoms in total. The van der Waals surface area contributed by atoms with E-state index in [2.05, 4.69) is 5.10 Å². The van der Waals surface area contributed by atoms with Crippen molar-refractivity contribution in [2.75, 3.05) is 13.7 Å². The third kappa shape index (κ3) is 2.93. The van der Waals surface area contributed by atoms with E-state index in [4.69, 9.17) is 9.47 Å². The molecule has 2 aromatic carbocycles. The normalized spacial score (nSPS) is 17.3. The summed E-state index contributed by atoms with van der Waals surface area (Å²) < 4.78 is 12.9. The Morgan fingerprint density at radius 3 is 2.69 bits per heavy atom. The van der Waals surface area contributed by atoms with Crippen LogP contribution in [0.15, 0.2) is 42.6 Å². The first-order chi connectivity index (χ1) is 12.7. The lowest BCUT2D eigenvalue weighted by Crippen LogP contribution is -2.19. The molecule has 1 saturated heterocycles. The monoisotopic (exact) mass is 352 g/mol. The van der Waals surface area contributed by atoms with E-state index in [0.29, 0.717) is 12.0 Å². The average Bonchev–Trinajstić information content (AvgIpc) is 3.12. The quantitative estimate of drug-likeness (QED) is 0.765. The lowest BCUT2D eigenvalue weighted by atomic mass is 10.00. The number of aromatic carboxylic acids is 1. The number of benzene rings is 2. The molecule has 0 spiro atoms. The van der Waals surface area contributed by atoms with Crippen LogP contribution in [0.3, 0.4) is 0 Å². The van der Waals surface area contributed by atoms with Crippen molar-refractivity contribution in [1.82, 2.24) is 9.78 Å². The van der Waals surface area contributed by atoms with Crippen LogP contribution in [-0.4, -0.2) is 34.6 Å².